The van der Waals surface area contributed by atoms with E-state index < -0.39 is 32.5 Å². The molecule has 10 heteroatoms. The van der Waals surface area contributed by atoms with Gasteiger partial charge < -0.3 is 20.1 Å². The summed E-state index contributed by atoms with van der Waals surface area (Å²) in [6, 6.07) is 0. The normalized spacial score (nSPS) is 14.3. The van der Waals surface area contributed by atoms with Gasteiger partial charge >= 0.3 is 19.8 Å². The van der Waals surface area contributed by atoms with Crippen LogP contribution in [0.5, 0.6) is 0 Å². The summed E-state index contributed by atoms with van der Waals surface area (Å²) in [5, 5.41) is 0. The Morgan fingerprint density at radius 1 is 0.545 bits per heavy atom. The highest BCUT2D eigenvalue weighted by Crippen LogP contribution is 2.43. The highest BCUT2D eigenvalue weighted by atomic mass is 31.2. The third kappa shape index (κ3) is 40.4. The van der Waals surface area contributed by atoms with Crippen molar-refractivity contribution in [1.29, 1.82) is 0 Å². The van der Waals surface area contributed by atoms with E-state index in [4.69, 9.17) is 24.3 Å². The molecule has 9 nitrogen and oxygen atoms in total. The molecule has 2 atom stereocenters. The first-order chi connectivity index (χ1) is 26.8. The van der Waals surface area contributed by atoms with Crippen LogP contribution in [0.3, 0.4) is 0 Å². The van der Waals surface area contributed by atoms with Crippen molar-refractivity contribution in [2.75, 3.05) is 26.4 Å². The number of allylic oxidation sites excluding steroid dienone is 16. The van der Waals surface area contributed by atoms with E-state index in [9.17, 15) is 19.0 Å². The number of esters is 2. The topological polar surface area (TPSA) is 134 Å². The average Bonchev–Trinajstić information content (AvgIpc) is 3.17. The Morgan fingerprint density at radius 3 is 1.38 bits per heavy atom. The second-order valence-corrected chi connectivity index (χ2v) is 14.5. The van der Waals surface area contributed by atoms with Crippen LogP contribution in [0.25, 0.3) is 0 Å². The molecular weight excluding hydrogens is 713 g/mol. The van der Waals surface area contributed by atoms with Crippen molar-refractivity contribution in [2.45, 2.75) is 148 Å². The number of carbonyl (C=O) groups excluding carboxylic acids is 2. The van der Waals surface area contributed by atoms with Gasteiger partial charge in [-0.3, -0.25) is 18.6 Å². The van der Waals surface area contributed by atoms with Gasteiger partial charge in [-0.1, -0.05) is 137 Å². The lowest BCUT2D eigenvalue weighted by atomic mass is 10.1. The Kier molecular flexibility index (Phi) is 38.3. The van der Waals surface area contributed by atoms with Crippen LogP contribution >= 0.6 is 7.82 Å². The number of nitrogens with two attached hydrogens (primary N) is 1. The zero-order chi connectivity index (χ0) is 40.3. The van der Waals surface area contributed by atoms with Gasteiger partial charge in [-0.15, -0.1) is 0 Å². The molecule has 0 amide bonds. The van der Waals surface area contributed by atoms with Crippen LogP contribution < -0.4 is 5.73 Å². The standard InChI is InChI=1S/C45H74NO8P/c1-3-5-7-9-11-13-15-17-19-21-23-25-27-29-31-33-35-37-44(47)51-41-43(42-53-55(49,50)52-40-39-46)54-45(48)38-36-34-32-30-28-26-24-22-20-18-16-14-12-10-8-6-4-2/h5-8,11-14,17-20,23-26,43H,3-4,9-10,15-16,21-22,27-42,46H2,1-2H3,(H,49,50)/t43-/m1/s1. The molecule has 0 bridgehead atoms. The van der Waals surface area contributed by atoms with Crippen molar-refractivity contribution in [3.8, 4) is 0 Å². The Balaban J connectivity index is 4.30. The summed E-state index contributed by atoms with van der Waals surface area (Å²) in [6.07, 6.45) is 51.5. The second kappa shape index (κ2) is 40.6. The molecule has 55 heavy (non-hydrogen) atoms. The van der Waals surface area contributed by atoms with E-state index in [1.54, 1.807) is 0 Å². The molecule has 0 aliphatic heterocycles. The number of hydrogen-bond donors (Lipinski definition) is 2. The van der Waals surface area contributed by atoms with Gasteiger partial charge in [0, 0.05) is 19.4 Å². The molecule has 0 saturated carbocycles. The minimum atomic E-state index is -4.40. The number of phosphoric acid groups is 1. The molecule has 0 fully saturated rings. The van der Waals surface area contributed by atoms with E-state index in [1.807, 2.05) is 0 Å². The quantitative estimate of drug-likeness (QED) is 0.0273. The second-order valence-electron chi connectivity index (χ2n) is 13.1. The van der Waals surface area contributed by atoms with E-state index in [1.165, 1.54) is 0 Å². The maximum Gasteiger partial charge on any atom is 0.472 e. The van der Waals surface area contributed by atoms with Gasteiger partial charge in [0.2, 0.25) is 0 Å². The van der Waals surface area contributed by atoms with Gasteiger partial charge in [0.1, 0.15) is 6.61 Å². The van der Waals surface area contributed by atoms with Crippen molar-refractivity contribution < 1.29 is 37.6 Å². The van der Waals surface area contributed by atoms with Crippen LogP contribution in [0, 0.1) is 0 Å². The molecule has 3 N–H and O–H groups in total. The van der Waals surface area contributed by atoms with Crippen LogP contribution in [0.4, 0.5) is 0 Å². The Hall–Kier alpha value is -3.07. The van der Waals surface area contributed by atoms with Gasteiger partial charge in [0.25, 0.3) is 0 Å². The smallest absolute Gasteiger partial charge is 0.462 e. The van der Waals surface area contributed by atoms with Gasteiger partial charge in [0.15, 0.2) is 6.10 Å². The maximum absolute atomic E-state index is 12.6. The first kappa shape index (κ1) is 51.9. The molecule has 312 valence electrons. The molecule has 0 aromatic carbocycles. The molecule has 0 aromatic heterocycles. The highest BCUT2D eigenvalue weighted by molar-refractivity contribution is 7.47. The minimum absolute atomic E-state index is 0.0395. The molecule has 0 radical (unpaired) electrons. The summed E-state index contributed by atoms with van der Waals surface area (Å²) < 4.78 is 32.7. The summed E-state index contributed by atoms with van der Waals surface area (Å²) in [4.78, 5) is 34.8. The van der Waals surface area contributed by atoms with Crippen LogP contribution in [0.1, 0.15) is 142 Å². The van der Waals surface area contributed by atoms with Crippen LogP contribution in [-0.4, -0.2) is 49.3 Å². The zero-order valence-electron chi connectivity index (χ0n) is 34.1. The molecule has 0 aromatic rings. The van der Waals surface area contributed by atoms with Crippen LogP contribution in [-0.2, 0) is 32.7 Å². The monoisotopic (exact) mass is 788 g/mol. The molecule has 0 aliphatic carbocycles. The van der Waals surface area contributed by atoms with E-state index >= 15 is 0 Å². The van der Waals surface area contributed by atoms with Gasteiger partial charge in [-0.25, -0.2) is 4.57 Å². The number of carbonyl (C=O) groups is 2. The predicted octanol–water partition coefficient (Wildman–Crippen LogP) is 11.8. The molecule has 0 spiro atoms. The molecule has 0 saturated heterocycles. The number of phosphoric ester groups is 1. The van der Waals surface area contributed by atoms with Gasteiger partial charge in [0.05, 0.1) is 13.2 Å². The summed E-state index contributed by atoms with van der Waals surface area (Å²) in [5.74, 6) is -0.896. The third-order valence-electron chi connectivity index (χ3n) is 7.97. The van der Waals surface area contributed by atoms with Crippen molar-refractivity contribution in [3.63, 3.8) is 0 Å². The van der Waals surface area contributed by atoms with Crippen molar-refractivity contribution in [1.82, 2.24) is 0 Å². The van der Waals surface area contributed by atoms with Crippen molar-refractivity contribution in [2.24, 2.45) is 5.73 Å². The Morgan fingerprint density at radius 2 is 0.945 bits per heavy atom. The maximum atomic E-state index is 12.6. The van der Waals surface area contributed by atoms with Gasteiger partial charge in [-0.2, -0.15) is 0 Å². The summed E-state index contributed by atoms with van der Waals surface area (Å²) in [5.41, 5.74) is 5.34. The van der Waals surface area contributed by atoms with E-state index in [-0.39, 0.29) is 32.6 Å². The fourth-order valence-electron chi connectivity index (χ4n) is 4.97. The molecule has 0 rings (SSSR count). The number of rotatable bonds is 37. The van der Waals surface area contributed by atoms with Crippen LogP contribution in [0.2, 0.25) is 0 Å². The highest BCUT2D eigenvalue weighted by Gasteiger charge is 2.25. The molecular formula is C45H74NO8P. The average molecular weight is 788 g/mol. The van der Waals surface area contributed by atoms with Crippen molar-refractivity contribution >= 4 is 19.8 Å². The lowest BCUT2D eigenvalue weighted by Crippen LogP contribution is -2.29. The summed E-state index contributed by atoms with van der Waals surface area (Å²) >= 11 is 0. The Labute approximate surface area is 334 Å². The number of unbranched alkanes of at least 4 members (excludes halogenated alkanes) is 8. The minimum Gasteiger partial charge on any atom is -0.462 e. The number of ether oxygens (including phenoxy) is 2. The number of hydrogen-bond acceptors (Lipinski definition) is 8. The fraction of sp³-hybridized carbons (Fsp3) is 0.600. The molecule has 0 aliphatic rings. The SMILES string of the molecule is CCC=CCC=CCC=CCC=CCCCCCCC(=O)OC[C@H](COP(=O)(O)OCCN)OC(=O)CCCCCCC=CCC=CCC=CCC=CCC. The lowest BCUT2D eigenvalue weighted by molar-refractivity contribution is -0.161. The molecule has 1 unspecified atom stereocenters. The van der Waals surface area contributed by atoms with E-state index in [0.717, 1.165) is 103 Å². The van der Waals surface area contributed by atoms with Crippen molar-refractivity contribution in [3.05, 3.63) is 97.2 Å². The fourth-order valence-corrected chi connectivity index (χ4v) is 5.73. The Bertz CT molecular complexity index is 1220. The lowest BCUT2D eigenvalue weighted by Gasteiger charge is -2.19. The first-order valence-electron chi connectivity index (χ1n) is 20.7. The third-order valence-corrected chi connectivity index (χ3v) is 8.95. The van der Waals surface area contributed by atoms with E-state index in [2.05, 4.69) is 111 Å². The molecule has 0 heterocycles. The van der Waals surface area contributed by atoms with E-state index in [0.29, 0.717) is 12.8 Å². The zero-order valence-corrected chi connectivity index (χ0v) is 35.0. The van der Waals surface area contributed by atoms with Gasteiger partial charge in [-0.05, 0) is 89.9 Å². The first-order valence-corrected chi connectivity index (χ1v) is 22.2. The van der Waals surface area contributed by atoms with Crippen LogP contribution in [0.15, 0.2) is 97.2 Å². The largest absolute Gasteiger partial charge is 0.472 e. The summed E-state index contributed by atoms with van der Waals surface area (Å²) in [7, 11) is -4.40. The predicted molar refractivity (Wildman–Crippen MR) is 228 cm³/mol. The summed E-state index contributed by atoms with van der Waals surface area (Å²) in [6.45, 7) is 3.41.